The third kappa shape index (κ3) is 4.77. The molecule has 8 nitrogen and oxygen atoms in total. The summed E-state index contributed by atoms with van der Waals surface area (Å²) in [6.07, 6.45) is 2.41. The van der Waals surface area contributed by atoms with Gasteiger partial charge in [-0.1, -0.05) is 43.5 Å². The first-order chi connectivity index (χ1) is 15.4. The number of hydrogen-bond acceptors (Lipinski definition) is 8. The van der Waals surface area contributed by atoms with E-state index in [9.17, 15) is 14.4 Å². The van der Waals surface area contributed by atoms with Crippen LogP contribution in [0.3, 0.4) is 0 Å². The Morgan fingerprint density at radius 1 is 1.25 bits per heavy atom. The highest BCUT2D eigenvalue weighted by molar-refractivity contribution is 7.99. The summed E-state index contributed by atoms with van der Waals surface area (Å²) < 4.78 is 10.1. The lowest BCUT2D eigenvalue weighted by Gasteiger charge is -2.28. The molecule has 1 aromatic carbocycles. The summed E-state index contributed by atoms with van der Waals surface area (Å²) in [5, 5.41) is 3.61. The first-order valence-electron chi connectivity index (χ1n) is 10.1. The number of aromatic amines is 1. The van der Waals surface area contributed by atoms with Crippen LogP contribution in [0.25, 0.3) is 0 Å². The summed E-state index contributed by atoms with van der Waals surface area (Å²) in [7, 11) is 1.30. The van der Waals surface area contributed by atoms with Crippen LogP contribution >= 0.6 is 11.8 Å². The predicted octanol–water partition coefficient (Wildman–Crippen LogP) is 3.62. The van der Waals surface area contributed by atoms with Crippen molar-refractivity contribution in [2.75, 3.05) is 24.8 Å². The minimum atomic E-state index is -0.725. The summed E-state index contributed by atoms with van der Waals surface area (Å²) in [5.74, 6) is -0.555. The summed E-state index contributed by atoms with van der Waals surface area (Å²) in [6, 6.07) is 6.58. The largest absolute Gasteiger partial charge is 0.465 e. The highest BCUT2D eigenvalue weighted by atomic mass is 32.2. The summed E-state index contributed by atoms with van der Waals surface area (Å²) >= 11 is 1.45. The molecule has 0 amide bonds. The smallest absolute Gasteiger partial charge is 0.337 e. The third-order valence-electron chi connectivity index (χ3n) is 4.88. The topological polar surface area (TPSA) is 110 Å². The Balaban J connectivity index is 2.14. The van der Waals surface area contributed by atoms with E-state index in [-0.39, 0.29) is 12.2 Å². The molecule has 0 radical (unpaired) electrons. The fraction of sp³-hybridized carbons (Fsp3) is 0.304. The number of anilines is 1. The number of allylic oxidation sites excluding steroid dienone is 1. The Morgan fingerprint density at radius 2 is 1.97 bits per heavy atom. The second-order valence-electron chi connectivity index (χ2n) is 7.08. The van der Waals surface area contributed by atoms with Gasteiger partial charge in [0.05, 0.1) is 29.7 Å². The van der Waals surface area contributed by atoms with Crippen LogP contribution in [-0.4, -0.2) is 41.4 Å². The normalized spacial score (nSPS) is 14.9. The fourth-order valence-corrected chi connectivity index (χ4v) is 4.16. The second kappa shape index (κ2) is 10.3. The minimum Gasteiger partial charge on any atom is -0.465 e. The number of H-pyrrole nitrogens is 1. The number of carbonyl (C=O) groups is 2. The van der Waals surface area contributed by atoms with Gasteiger partial charge < -0.3 is 19.8 Å². The van der Waals surface area contributed by atoms with Gasteiger partial charge in [-0.25, -0.2) is 14.6 Å². The number of fused-ring (bicyclic) bond motifs is 1. The van der Waals surface area contributed by atoms with Gasteiger partial charge in [-0.05, 0) is 31.0 Å². The molecule has 1 aromatic heterocycles. The van der Waals surface area contributed by atoms with Crippen LogP contribution in [-0.2, 0) is 14.3 Å². The fourth-order valence-electron chi connectivity index (χ4n) is 3.44. The number of aromatic nitrogens is 2. The number of ether oxygens (including phenoxy) is 2. The number of nitrogens with zero attached hydrogens (tertiary/aromatic N) is 1. The third-order valence-corrected chi connectivity index (χ3v) is 5.96. The van der Waals surface area contributed by atoms with Gasteiger partial charge in [-0.15, -0.1) is 0 Å². The lowest BCUT2D eigenvalue weighted by Crippen LogP contribution is -2.31. The molecule has 2 aromatic rings. The molecule has 1 aliphatic heterocycles. The molecule has 0 bridgehead atoms. The van der Waals surface area contributed by atoms with E-state index >= 15 is 0 Å². The lowest BCUT2D eigenvalue weighted by atomic mass is 9.82. The highest BCUT2D eigenvalue weighted by Gasteiger charge is 2.36. The number of methoxy groups -OCH3 is 1. The van der Waals surface area contributed by atoms with E-state index in [4.69, 9.17) is 9.47 Å². The molecule has 1 aliphatic rings. The number of thioether (sulfide) groups is 1. The van der Waals surface area contributed by atoms with Crippen LogP contribution in [0.4, 0.5) is 5.82 Å². The van der Waals surface area contributed by atoms with Crippen LogP contribution in [0.2, 0.25) is 0 Å². The standard InChI is InChI=1S/C23H25N3O5S/c1-5-11-31-22(29)16-13(3)24-19-18(20(27)26-23(25-19)32-12-6-2)17(16)14-7-9-15(10-8-14)21(28)30-4/h5,7-10,17H,1,6,11-12H2,2-4H3,(H2,24,25,26,27)/t17-/m1/s1. The Bertz CT molecular complexity index is 1120. The maximum atomic E-state index is 13.1. The van der Waals surface area contributed by atoms with Crippen molar-refractivity contribution in [3.8, 4) is 0 Å². The van der Waals surface area contributed by atoms with Gasteiger partial charge in [0.15, 0.2) is 5.16 Å². The highest BCUT2D eigenvalue weighted by Crippen LogP contribution is 2.40. The number of benzene rings is 1. The minimum absolute atomic E-state index is 0.0394. The van der Waals surface area contributed by atoms with Crippen molar-refractivity contribution in [2.45, 2.75) is 31.3 Å². The van der Waals surface area contributed by atoms with E-state index in [1.54, 1.807) is 31.2 Å². The summed E-state index contributed by atoms with van der Waals surface area (Å²) in [4.78, 5) is 45.3. The number of esters is 2. The van der Waals surface area contributed by atoms with Gasteiger partial charge in [0.25, 0.3) is 5.56 Å². The number of hydrogen-bond donors (Lipinski definition) is 2. The van der Waals surface area contributed by atoms with Gasteiger partial charge >= 0.3 is 11.9 Å². The number of carbonyl (C=O) groups excluding carboxylic acids is 2. The number of nitrogens with one attached hydrogen (secondary N) is 2. The molecule has 0 saturated carbocycles. The van der Waals surface area contributed by atoms with Gasteiger partial charge in [0.1, 0.15) is 12.4 Å². The molecule has 32 heavy (non-hydrogen) atoms. The van der Waals surface area contributed by atoms with E-state index in [0.29, 0.717) is 38.9 Å². The molecule has 3 rings (SSSR count). The second-order valence-corrected chi connectivity index (χ2v) is 8.16. The first kappa shape index (κ1) is 23.3. The van der Waals surface area contributed by atoms with Crippen molar-refractivity contribution < 1.29 is 19.1 Å². The van der Waals surface area contributed by atoms with Crippen LogP contribution < -0.4 is 10.9 Å². The van der Waals surface area contributed by atoms with Crippen LogP contribution in [0.5, 0.6) is 0 Å². The molecule has 0 fully saturated rings. The van der Waals surface area contributed by atoms with Gasteiger partial charge in [0.2, 0.25) is 0 Å². The lowest BCUT2D eigenvalue weighted by molar-refractivity contribution is -0.138. The van der Waals surface area contributed by atoms with Crippen molar-refractivity contribution in [2.24, 2.45) is 0 Å². The van der Waals surface area contributed by atoms with Crippen molar-refractivity contribution in [3.63, 3.8) is 0 Å². The molecular weight excluding hydrogens is 430 g/mol. The monoisotopic (exact) mass is 455 g/mol. The molecule has 2 N–H and O–H groups in total. The molecule has 0 spiro atoms. The first-order valence-corrected chi connectivity index (χ1v) is 11.1. The molecule has 1 atom stereocenters. The van der Waals surface area contributed by atoms with E-state index in [0.717, 1.165) is 12.2 Å². The molecule has 2 heterocycles. The van der Waals surface area contributed by atoms with Gasteiger partial charge in [-0.2, -0.15) is 0 Å². The average molecular weight is 456 g/mol. The quantitative estimate of drug-likeness (QED) is 0.269. The summed E-state index contributed by atoms with van der Waals surface area (Å²) in [6.45, 7) is 7.40. The molecular formula is C23H25N3O5S. The number of rotatable bonds is 8. The van der Waals surface area contributed by atoms with Gasteiger partial charge in [0, 0.05) is 11.4 Å². The van der Waals surface area contributed by atoms with E-state index in [2.05, 4.69) is 21.9 Å². The maximum Gasteiger partial charge on any atom is 0.337 e. The molecule has 0 aliphatic carbocycles. The SMILES string of the molecule is C=CCOC(=O)C1=C(C)Nc2nc(SCCC)[nH]c(=O)c2[C@@H]1c1ccc(C(=O)OC)cc1. The zero-order chi connectivity index (χ0) is 23.3. The van der Waals surface area contributed by atoms with E-state index < -0.39 is 17.9 Å². The molecule has 168 valence electrons. The van der Waals surface area contributed by atoms with Gasteiger partial charge in [-0.3, -0.25) is 4.79 Å². The summed E-state index contributed by atoms with van der Waals surface area (Å²) in [5.41, 5.74) is 1.81. The van der Waals surface area contributed by atoms with Crippen molar-refractivity contribution in [1.82, 2.24) is 9.97 Å². The van der Waals surface area contributed by atoms with Crippen LogP contribution in [0.15, 0.2) is 58.1 Å². The van der Waals surface area contributed by atoms with Crippen LogP contribution in [0, 0.1) is 0 Å². The predicted molar refractivity (Wildman–Crippen MR) is 123 cm³/mol. The Hall–Kier alpha value is -3.33. The zero-order valence-electron chi connectivity index (χ0n) is 18.2. The van der Waals surface area contributed by atoms with E-state index in [1.807, 2.05) is 6.92 Å². The molecule has 0 unspecified atom stereocenters. The zero-order valence-corrected chi connectivity index (χ0v) is 19.0. The molecule has 9 heteroatoms. The molecule has 0 saturated heterocycles. The Kier molecular flexibility index (Phi) is 7.53. The van der Waals surface area contributed by atoms with Crippen molar-refractivity contribution in [3.05, 3.63) is 75.2 Å². The van der Waals surface area contributed by atoms with E-state index in [1.165, 1.54) is 24.9 Å². The Morgan fingerprint density at radius 3 is 2.59 bits per heavy atom. The Labute approximate surface area is 190 Å². The average Bonchev–Trinajstić information content (AvgIpc) is 2.79. The van der Waals surface area contributed by atoms with Crippen LogP contribution in [0.1, 0.15) is 47.7 Å². The maximum absolute atomic E-state index is 13.1. The van der Waals surface area contributed by atoms with Crippen molar-refractivity contribution in [1.29, 1.82) is 0 Å². The van der Waals surface area contributed by atoms with Crippen molar-refractivity contribution >= 4 is 29.5 Å².